The summed E-state index contributed by atoms with van der Waals surface area (Å²) in [5.74, 6) is -0.495. The number of piperazine rings is 1. The zero-order valence-corrected chi connectivity index (χ0v) is 22.2. The van der Waals surface area contributed by atoms with E-state index in [1.54, 1.807) is 0 Å². The van der Waals surface area contributed by atoms with Gasteiger partial charge in [-0.15, -0.1) is 0 Å². The van der Waals surface area contributed by atoms with Crippen LogP contribution in [0.25, 0.3) is 0 Å². The van der Waals surface area contributed by atoms with Gasteiger partial charge in [0.25, 0.3) is 5.91 Å². The highest BCUT2D eigenvalue weighted by Gasteiger charge is 2.27. The van der Waals surface area contributed by atoms with E-state index >= 15 is 0 Å². The zero-order chi connectivity index (χ0) is 26.6. The van der Waals surface area contributed by atoms with Crippen molar-refractivity contribution in [1.29, 1.82) is 0 Å². The number of amides is 1. The van der Waals surface area contributed by atoms with Crippen molar-refractivity contribution in [2.45, 2.75) is 19.1 Å². The molecule has 1 unspecified atom stereocenters. The van der Waals surface area contributed by atoms with E-state index in [9.17, 15) is 9.18 Å². The van der Waals surface area contributed by atoms with E-state index in [2.05, 4.69) is 49.6 Å². The molecule has 2 aliphatic rings. The summed E-state index contributed by atoms with van der Waals surface area (Å²) in [6.45, 7) is 4.70. The molecule has 3 aromatic rings. The average Bonchev–Trinajstić information content (AvgIpc) is 3.46. The second kappa shape index (κ2) is 11.5. The van der Waals surface area contributed by atoms with Gasteiger partial charge in [0.15, 0.2) is 0 Å². The van der Waals surface area contributed by atoms with Gasteiger partial charge in [-0.25, -0.2) is 9.37 Å². The summed E-state index contributed by atoms with van der Waals surface area (Å²) in [5.41, 5.74) is 2.08. The smallest absolute Gasteiger partial charge is 0.261 e. The van der Waals surface area contributed by atoms with Crippen molar-refractivity contribution < 1.29 is 13.9 Å². The molecule has 2 aromatic carbocycles. The number of rotatable bonds is 7. The minimum atomic E-state index is -0.626. The molecule has 3 heterocycles. The minimum absolute atomic E-state index is 0.0903. The van der Waals surface area contributed by atoms with Crippen LogP contribution in [0.2, 0.25) is 5.02 Å². The lowest BCUT2D eigenvalue weighted by Gasteiger charge is -2.34. The number of nitrogens with one attached hydrogen (secondary N) is 2. The molecule has 0 radical (unpaired) electrons. The molecule has 2 aliphatic heterocycles. The number of para-hydroxylation sites is 1. The van der Waals surface area contributed by atoms with E-state index in [4.69, 9.17) is 16.3 Å². The van der Waals surface area contributed by atoms with Crippen LogP contribution in [-0.4, -0.2) is 73.9 Å². The number of halogens is 2. The third-order valence-electron chi connectivity index (χ3n) is 6.88. The molecule has 0 bridgehead atoms. The second-order valence-corrected chi connectivity index (χ2v) is 9.93. The van der Waals surface area contributed by atoms with Crippen LogP contribution >= 0.6 is 11.6 Å². The van der Waals surface area contributed by atoms with Crippen molar-refractivity contribution in [2.75, 3.05) is 67.3 Å². The highest BCUT2D eigenvalue weighted by Crippen LogP contribution is 2.29. The Morgan fingerprint density at radius 3 is 2.61 bits per heavy atom. The third-order valence-corrected chi connectivity index (χ3v) is 7.19. The van der Waals surface area contributed by atoms with Crippen LogP contribution < -0.4 is 20.4 Å². The molecule has 2 fully saturated rings. The van der Waals surface area contributed by atoms with Crippen LogP contribution in [0.3, 0.4) is 0 Å². The molecule has 1 amide bonds. The maximum atomic E-state index is 14.3. The average molecular weight is 540 g/mol. The standard InChI is InChI=1S/C27H31ClFN7O2/c1-34-12-14-36(15-13-34)19-10-8-18(9-11-19)31-27-30-17-20(25(33-27)35(2)23-7-4-16-38-23)26(37)32-24-21(28)5-3-6-22(24)29/h3,5-6,8-11,17,23H,4,7,12-16H2,1-2H3,(H,32,37)(H,30,31,33). The Balaban J connectivity index is 1.38. The summed E-state index contributed by atoms with van der Waals surface area (Å²) in [6.07, 6.45) is 2.91. The maximum absolute atomic E-state index is 14.3. The molecule has 0 spiro atoms. The van der Waals surface area contributed by atoms with Crippen LogP contribution in [0.5, 0.6) is 0 Å². The Bertz CT molecular complexity index is 1260. The van der Waals surface area contributed by atoms with Gasteiger partial charge in [-0.05, 0) is 56.3 Å². The molecule has 9 nitrogen and oxygen atoms in total. The first-order valence-corrected chi connectivity index (χ1v) is 13.0. The van der Waals surface area contributed by atoms with Gasteiger partial charge < -0.3 is 30.1 Å². The number of aromatic nitrogens is 2. The van der Waals surface area contributed by atoms with Gasteiger partial charge in [-0.1, -0.05) is 17.7 Å². The lowest BCUT2D eigenvalue weighted by molar-refractivity contribution is 0.102. The first-order valence-electron chi connectivity index (χ1n) is 12.7. The fourth-order valence-corrected chi connectivity index (χ4v) is 4.82. The van der Waals surface area contributed by atoms with E-state index in [-0.39, 0.29) is 22.5 Å². The Hall–Kier alpha value is -3.47. The first kappa shape index (κ1) is 26.1. The number of nitrogens with zero attached hydrogens (tertiary/aromatic N) is 5. The summed E-state index contributed by atoms with van der Waals surface area (Å²) in [5, 5.41) is 5.90. The summed E-state index contributed by atoms with van der Waals surface area (Å²) < 4.78 is 20.1. The zero-order valence-electron chi connectivity index (χ0n) is 21.5. The first-order chi connectivity index (χ1) is 18.4. The van der Waals surface area contributed by atoms with Crippen LogP contribution in [0.15, 0.2) is 48.7 Å². The van der Waals surface area contributed by atoms with Crippen LogP contribution in [0, 0.1) is 5.82 Å². The number of hydrogen-bond acceptors (Lipinski definition) is 8. The van der Waals surface area contributed by atoms with E-state index in [0.29, 0.717) is 18.4 Å². The highest BCUT2D eigenvalue weighted by molar-refractivity contribution is 6.34. The van der Waals surface area contributed by atoms with Crippen molar-refractivity contribution in [3.05, 3.63) is 65.1 Å². The van der Waals surface area contributed by atoms with Gasteiger partial charge in [0.05, 0.1) is 10.7 Å². The Morgan fingerprint density at radius 1 is 1.16 bits per heavy atom. The molecule has 200 valence electrons. The molecule has 5 rings (SSSR count). The normalized spacial score (nSPS) is 17.9. The summed E-state index contributed by atoms with van der Waals surface area (Å²) in [6, 6.07) is 12.4. The molecule has 1 aromatic heterocycles. The Morgan fingerprint density at radius 2 is 1.92 bits per heavy atom. The largest absolute Gasteiger partial charge is 0.369 e. The minimum Gasteiger partial charge on any atom is -0.369 e. The number of benzene rings is 2. The van der Waals surface area contributed by atoms with Gasteiger partial charge >= 0.3 is 0 Å². The number of hydrogen-bond donors (Lipinski definition) is 2. The lowest BCUT2D eigenvalue weighted by Crippen LogP contribution is -2.44. The van der Waals surface area contributed by atoms with Gasteiger partial charge in [-0.3, -0.25) is 4.79 Å². The second-order valence-electron chi connectivity index (χ2n) is 9.52. The fraction of sp³-hybridized carbons (Fsp3) is 0.370. The summed E-state index contributed by atoms with van der Waals surface area (Å²) in [7, 11) is 3.96. The molecule has 2 saturated heterocycles. The van der Waals surface area contributed by atoms with E-state index < -0.39 is 11.7 Å². The molecular formula is C27H31ClFN7O2. The van der Waals surface area contributed by atoms with E-state index in [0.717, 1.165) is 44.7 Å². The Labute approximate surface area is 226 Å². The maximum Gasteiger partial charge on any atom is 0.261 e. The highest BCUT2D eigenvalue weighted by atomic mass is 35.5. The van der Waals surface area contributed by atoms with Gasteiger partial charge in [0, 0.05) is 57.4 Å². The van der Waals surface area contributed by atoms with Gasteiger partial charge in [0.1, 0.15) is 23.4 Å². The van der Waals surface area contributed by atoms with Crippen molar-refractivity contribution in [3.63, 3.8) is 0 Å². The molecule has 38 heavy (non-hydrogen) atoms. The predicted octanol–water partition coefficient (Wildman–Crippen LogP) is 4.59. The number of likely N-dealkylation sites (N-methyl/N-ethyl adjacent to an activating group) is 1. The van der Waals surface area contributed by atoms with E-state index in [1.165, 1.54) is 30.1 Å². The number of ether oxygens (including phenoxy) is 1. The number of carbonyl (C=O) groups is 1. The van der Waals surface area contributed by atoms with E-state index in [1.807, 2.05) is 24.1 Å². The van der Waals surface area contributed by atoms with Crippen LogP contribution in [-0.2, 0) is 4.74 Å². The lowest BCUT2D eigenvalue weighted by atomic mass is 10.2. The predicted molar refractivity (Wildman–Crippen MR) is 148 cm³/mol. The number of anilines is 5. The summed E-state index contributed by atoms with van der Waals surface area (Å²) >= 11 is 6.12. The van der Waals surface area contributed by atoms with Crippen LogP contribution in [0.1, 0.15) is 23.2 Å². The molecule has 0 saturated carbocycles. The fourth-order valence-electron chi connectivity index (χ4n) is 4.61. The van der Waals surface area contributed by atoms with Crippen molar-refractivity contribution in [3.8, 4) is 0 Å². The van der Waals surface area contributed by atoms with Crippen molar-refractivity contribution >= 4 is 46.3 Å². The third kappa shape index (κ3) is 5.82. The van der Waals surface area contributed by atoms with Crippen molar-refractivity contribution in [1.82, 2.24) is 14.9 Å². The molecule has 11 heteroatoms. The molecule has 1 atom stereocenters. The topological polar surface area (TPSA) is 85.9 Å². The Kier molecular flexibility index (Phi) is 7.92. The van der Waals surface area contributed by atoms with Crippen LogP contribution in [0.4, 0.5) is 33.2 Å². The molecule has 2 N–H and O–H groups in total. The van der Waals surface area contributed by atoms with Crippen molar-refractivity contribution in [2.24, 2.45) is 0 Å². The quantitative estimate of drug-likeness (QED) is 0.451. The monoisotopic (exact) mass is 539 g/mol. The summed E-state index contributed by atoms with van der Waals surface area (Å²) in [4.78, 5) is 28.8. The molecular weight excluding hydrogens is 509 g/mol. The molecule has 0 aliphatic carbocycles. The van der Waals surface area contributed by atoms with Gasteiger partial charge in [-0.2, -0.15) is 4.98 Å². The number of carbonyl (C=O) groups excluding carboxylic acids is 1. The van der Waals surface area contributed by atoms with Gasteiger partial charge in [0.2, 0.25) is 5.95 Å². The SMILES string of the molecule is CN1CCN(c2ccc(Nc3ncc(C(=O)Nc4c(F)cccc4Cl)c(N(C)C4CCCO4)n3)cc2)CC1.